The van der Waals surface area contributed by atoms with Gasteiger partial charge in [0.05, 0.1) is 11.1 Å². The van der Waals surface area contributed by atoms with E-state index in [4.69, 9.17) is 0 Å². The summed E-state index contributed by atoms with van der Waals surface area (Å²) in [6, 6.07) is 2.37. The maximum atomic E-state index is 11.4. The lowest BCUT2D eigenvalue weighted by molar-refractivity contribution is -0.385. The Hall–Kier alpha value is -1.98. The van der Waals surface area contributed by atoms with Crippen LogP contribution in [0.3, 0.4) is 0 Å². The molecule has 17 heavy (non-hydrogen) atoms. The summed E-state index contributed by atoms with van der Waals surface area (Å²) in [6.07, 6.45) is 3.05. The van der Waals surface area contributed by atoms with E-state index in [1.54, 1.807) is 0 Å². The number of Topliss-reactive ketones (excluding diaryl/α,β-unsaturated/α-hetero) is 1. The second-order valence-corrected chi connectivity index (χ2v) is 3.84. The van der Waals surface area contributed by atoms with Crippen LogP contribution in [0.15, 0.2) is 23.1 Å². The average Bonchev–Trinajstić information content (AvgIpc) is 2.25. The van der Waals surface area contributed by atoms with Crippen molar-refractivity contribution in [2.24, 2.45) is 0 Å². The zero-order valence-corrected chi connectivity index (χ0v) is 9.59. The standard InChI is InChI=1S/C11H14N2O4/c1-9(14)4-2-3-7-12-8-10(13(16)17)5-6-11(12)15/h5-6,8H,2-4,7H2,1H3. The number of nitrogens with zero attached hydrogens (tertiary/aromatic N) is 2. The zero-order valence-electron chi connectivity index (χ0n) is 9.59. The molecule has 1 aromatic heterocycles. The molecule has 92 valence electrons. The number of ketones is 1. The molecule has 0 saturated carbocycles. The molecule has 1 aromatic rings. The summed E-state index contributed by atoms with van der Waals surface area (Å²) < 4.78 is 1.30. The number of aryl methyl sites for hydroxylation is 1. The molecule has 6 nitrogen and oxygen atoms in total. The Labute approximate surface area is 98.0 Å². The Kier molecular flexibility index (Phi) is 4.56. The third kappa shape index (κ3) is 4.18. The summed E-state index contributed by atoms with van der Waals surface area (Å²) in [7, 11) is 0. The smallest absolute Gasteiger partial charge is 0.285 e. The normalized spacial score (nSPS) is 10.2. The highest BCUT2D eigenvalue weighted by Crippen LogP contribution is 2.07. The highest BCUT2D eigenvalue weighted by atomic mass is 16.6. The average molecular weight is 238 g/mol. The van der Waals surface area contributed by atoms with Crippen molar-refractivity contribution in [3.8, 4) is 0 Å². The largest absolute Gasteiger partial charge is 0.309 e. The van der Waals surface area contributed by atoms with Gasteiger partial charge in [-0.1, -0.05) is 0 Å². The highest BCUT2D eigenvalue weighted by molar-refractivity contribution is 5.75. The minimum absolute atomic E-state index is 0.101. The Balaban J connectivity index is 2.64. The van der Waals surface area contributed by atoms with Crippen molar-refractivity contribution in [1.82, 2.24) is 4.57 Å². The molecule has 0 unspecified atom stereocenters. The van der Waals surface area contributed by atoms with E-state index in [-0.39, 0.29) is 17.0 Å². The Morgan fingerprint density at radius 2 is 2.12 bits per heavy atom. The van der Waals surface area contributed by atoms with E-state index in [1.165, 1.54) is 29.8 Å². The van der Waals surface area contributed by atoms with Gasteiger partial charge in [0.15, 0.2) is 0 Å². The topological polar surface area (TPSA) is 82.2 Å². The number of carbonyl (C=O) groups excluding carboxylic acids is 1. The van der Waals surface area contributed by atoms with Crippen molar-refractivity contribution >= 4 is 11.5 Å². The molecular weight excluding hydrogens is 224 g/mol. The molecule has 0 aromatic carbocycles. The zero-order chi connectivity index (χ0) is 12.8. The molecule has 0 radical (unpaired) electrons. The third-order valence-corrected chi connectivity index (χ3v) is 2.36. The maximum absolute atomic E-state index is 11.4. The molecule has 1 rings (SSSR count). The van der Waals surface area contributed by atoms with E-state index >= 15 is 0 Å². The third-order valence-electron chi connectivity index (χ3n) is 2.36. The van der Waals surface area contributed by atoms with Crippen LogP contribution in [-0.4, -0.2) is 15.3 Å². The van der Waals surface area contributed by atoms with Crippen LogP contribution >= 0.6 is 0 Å². The van der Waals surface area contributed by atoms with E-state index in [9.17, 15) is 19.7 Å². The molecule has 0 aliphatic heterocycles. The summed E-state index contributed by atoms with van der Waals surface area (Å²) in [5.74, 6) is 0.108. The minimum Gasteiger partial charge on any atom is -0.309 e. The van der Waals surface area contributed by atoms with Gasteiger partial charge in [-0.25, -0.2) is 0 Å². The summed E-state index contributed by atoms with van der Waals surface area (Å²) >= 11 is 0. The van der Waals surface area contributed by atoms with Crippen molar-refractivity contribution in [2.75, 3.05) is 0 Å². The molecule has 0 spiro atoms. The van der Waals surface area contributed by atoms with Crippen LogP contribution in [0, 0.1) is 10.1 Å². The van der Waals surface area contributed by atoms with Gasteiger partial charge in [-0.05, 0) is 19.8 Å². The fraction of sp³-hybridized carbons (Fsp3) is 0.455. The number of aromatic nitrogens is 1. The maximum Gasteiger partial charge on any atom is 0.285 e. The number of hydrogen-bond acceptors (Lipinski definition) is 4. The summed E-state index contributed by atoms with van der Waals surface area (Å²) in [5.41, 5.74) is -0.366. The minimum atomic E-state index is -0.536. The molecule has 0 fully saturated rings. The van der Waals surface area contributed by atoms with Gasteiger partial charge in [-0.2, -0.15) is 0 Å². The molecule has 0 amide bonds. The lowest BCUT2D eigenvalue weighted by atomic mass is 10.2. The first-order chi connectivity index (χ1) is 8.00. The van der Waals surface area contributed by atoms with Gasteiger partial charge in [-0.3, -0.25) is 14.9 Å². The van der Waals surface area contributed by atoms with E-state index in [0.29, 0.717) is 25.8 Å². The lowest BCUT2D eigenvalue weighted by Crippen LogP contribution is -2.18. The first-order valence-electron chi connectivity index (χ1n) is 5.35. The van der Waals surface area contributed by atoms with Crippen LogP contribution in [0.1, 0.15) is 26.2 Å². The molecule has 0 N–H and O–H groups in total. The summed E-state index contributed by atoms with van der Waals surface area (Å²) in [4.78, 5) is 32.1. The number of carbonyl (C=O) groups is 1. The first-order valence-corrected chi connectivity index (χ1v) is 5.35. The molecule has 0 atom stereocenters. The fourth-order valence-corrected chi connectivity index (χ4v) is 1.46. The van der Waals surface area contributed by atoms with Gasteiger partial charge in [0, 0.05) is 25.1 Å². The Morgan fingerprint density at radius 1 is 1.41 bits per heavy atom. The summed E-state index contributed by atoms with van der Waals surface area (Å²) in [6.45, 7) is 1.91. The van der Waals surface area contributed by atoms with Crippen molar-refractivity contribution in [1.29, 1.82) is 0 Å². The molecule has 1 heterocycles. The predicted molar refractivity (Wildman–Crippen MR) is 61.9 cm³/mol. The highest BCUT2D eigenvalue weighted by Gasteiger charge is 2.07. The first kappa shape index (κ1) is 13.1. The Bertz CT molecular complexity index is 479. The van der Waals surface area contributed by atoms with E-state index in [1.807, 2.05) is 0 Å². The van der Waals surface area contributed by atoms with Gasteiger partial charge in [0.25, 0.3) is 11.2 Å². The van der Waals surface area contributed by atoms with Gasteiger partial charge in [0.2, 0.25) is 0 Å². The number of unbranched alkanes of at least 4 members (excludes halogenated alkanes) is 1. The molecule has 0 aliphatic rings. The van der Waals surface area contributed by atoms with Crippen molar-refractivity contribution in [2.45, 2.75) is 32.7 Å². The van der Waals surface area contributed by atoms with E-state index < -0.39 is 4.92 Å². The van der Waals surface area contributed by atoms with Crippen molar-refractivity contribution in [3.05, 3.63) is 38.8 Å². The van der Waals surface area contributed by atoms with Crippen LogP contribution in [0.5, 0.6) is 0 Å². The SMILES string of the molecule is CC(=O)CCCCn1cc([N+](=O)[O-])ccc1=O. The van der Waals surface area contributed by atoms with Crippen LogP contribution in [0.4, 0.5) is 5.69 Å². The molecular formula is C11H14N2O4. The number of hydrogen-bond donors (Lipinski definition) is 0. The molecule has 0 bridgehead atoms. The van der Waals surface area contributed by atoms with E-state index in [0.717, 1.165) is 0 Å². The lowest BCUT2D eigenvalue weighted by Gasteiger charge is -2.04. The second kappa shape index (κ2) is 5.93. The monoisotopic (exact) mass is 238 g/mol. The van der Waals surface area contributed by atoms with Crippen LogP contribution < -0.4 is 5.56 Å². The van der Waals surface area contributed by atoms with Crippen LogP contribution in [0.25, 0.3) is 0 Å². The number of rotatable bonds is 6. The molecule has 0 aliphatic carbocycles. The van der Waals surface area contributed by atoms with Gasteiger partial charge in [0.1, 0.15) is 5.78 Å². The van der Waals surface area contributed by atoms with Gasteiger partial charge < -0.3 is 9.36 Å². The molecule has 0 saturated heterocycles. The quantitative estimate of drug-likeness (QED) is 0.427. The predicted octanol–water partition coefficient (Wildman–Crippen LogP) is 1.52. The Morgan fingerprint density at radius 3 is 2.71 bits per heavy atom. The number of pyridine rings is 1. The van der Waals surface area contributed by atoms with E-state index in [2.05, 4.69) is 0 Å². The van der Waals surface area contributed by atoms with Crippen LogP contribution in [-0.2, 0) is 11.3 Å². The summed E-state index contributed by atoms with van der Waals surface area (Å²) in [5, 5.41) is 10.5. The van der Waals surface area contributed by atoms with Gasteiger partial charge >= 0.3 is 0 Å². The van der Waals surface area contributed by atoms with Crippen molar-refractivity contribution < 1.29 is 9.72 Å². The van der Waals surface area contributed by atoms with Crippen molar-refractivity contribution in [3.63, 3.8) is 0 Å². The molecule has 6 heteroatoms. The van der Waals surface area contributed by atoms with Gasteiger partial charge in [-0.15, -0.1) is 0 Å². The van der Waals surface area contributed by atoms with Crippen LogP contribution in [0.2, 0.25) is 0 Å². The second-order valence-electron chi connectivity index (χ2n) is 3.84. The fourth-order valence-electron chi connectivity index (χ4n) is 1.46. The number of nitro groups is 1.